The van der Waals surface area contributed by atoms with Crippen LogP contribution in [0.1, 0.15) is 27.0 Å². The van der Waals surface area contributed by atoms with Gasteiger partial charge in [-0.15, -0.1) is 0 Å². The third kappa shape index (κ3) is 5.64. The Morgan fingerprint density at radius 3 is 2.20 bits per heavy atom. The average Bonchev–Trinajstić information content (AvgIpc) is 2.54. The number of carbonyl (C=O) groups is 1. The lowest BCUT2D eigenvalue weighted by Crippen LogP contribution is -2.15. The van der Waals surface area contributed by atoms with Gasteiger partial charge in [0.15, 0.2) is 0 Å². The Hall–Kier alpha value is -1.74. The third-order valence-corrected chi connectivity index (χ3v) is 4.95. The maximum atomic E-state index is 12.5. The number of carbonyl (C=O) groups excluding carboxylic acids is 1. The number of benzene rings is 2. The van der Waals surface area contributed by atoms with Gasteiger partial charge in [0.1, 0.15) is 13.7 Å². The molecule has 2 rings (SSSR count). The zero-order chi connectivity index (χ0) is 18.4. The summed E-state index contributed by atoms with van der Waals surface area (Å²) in [4.78, 5) is 12.5. The van der Waals surface area contributed by atoms with E-state index in [4.69, 9.17) is 41.3 Å². The number of rotatable bonds is 4. The molecule has 0 spiro atoms. The van der Waals surface area contributed by atoms with Crippen LogP contribution in [0.2, 0.25) is 0 Å². The minimum absolute atomic E-state index is 0.0398. The van der Waals surface area contributed by atoms with Gasteiger partial charge in [-0.2, -0.15) is 0 Å². The van der Waals surface area contributed by atoms with Crippen LogP contribution >= 0.6 is 48.0 Å². The Labute approximate surface area is 165 Å². The van der Waals surface area contributed by atoms with E-state index in [-0.39, 0.29) is 18.8 Å². The van der Waals surface area contributed by atoms with Crippen molar-refractivity contribution in [3.8, 4) is 0 Å². The standard InChI is InChI=1S/C17H15N3OS4/c18-14(24-16(19)22)13-11(9-10-5-2-1-3-6-10)7-4-8-12(13)15(21)25-17(20)23/h1-8,18H,9H2,(H2,19,22)(H2,20,23). The van der Waals surface area contributed by atoms with Crippen molar-refractivity contribution in [1.29, 1.82) is 5.41 Å². The molecular formula is C17H15N3OS4. The van der Waals surface area contributed by atoms with E-state index in [0.29, 0.717) is 17.5 Å². The first kappa shape index (κ1) is 19.6. The third-order valence-electron chi connectivity index (χ3n) is 3.23. The number of hydrogen-bond acceptors (Lipinski definition) is 6. The second-order valence-electron chi connectivity index (χ2n) is 4.96. The van der Waals surface area contributed by atoms with Crippen molar-refractivity contribution >= 4 is 66.8 Å². The monoisotopic (exact) mass is 405 g/mol. The van der Waals surface area contributed by atoms with Gasteiger partial charge in [-0.1, -0.05) is 66.9 Å². The molecule has 5 N–H and O–H groups in total. The van der Waals surface area contributed by atoms with Crippen molar-refractivity contribution < 1.29 is 4.79 Å². The Kier molecular flexibility index (Phi) is 7.12. The predicted molar refractivity (Wildman–Crippen MR) is 116 cm³/mol. The molecule has 0 aromatic heterocycles. The van der Waals surface area contributed by atoms with E-state index in [0.717, 1.165) is 34.7 Å². The second-order valence-corrected chi connectivity index (χ2v) is 8.42. The summed E-state index contributed by atoms with van der Waals surface area (Å²) in [6.45, 7) is 0. The summed E-state index contributed by atoms with van der Waals surface area (Å²) in [5.41, 5.74) is 13.8. The van der Waals surface area contributed by atoms with Crippen molar-refractivity contribution in [2.75, 3.05) is 0 Å². The van der Waals surface area contributed by atoms with Crippen LogP contribution in [0.5, 0.6) is 0 Å². The highest BCUT2D eigenvalue weighted by Crippen LogP contribution is 2.26. The topological polar surface area (TPSA) is 93.0 Å². The van der Waals surface area contributed by atoms with Gasteiger partial charge in [0.2, 0.25) is 5.12 Å². The van der Waals surface area contributed by atoms with Crippen molar-refractivity contribution in [3.05, 3.63) is 70.8 Å². The van der Waals surface area contributed by atoms with E-state index < -0.39 is 0 Å². The highest BCUT2D eigenvalue weighted by Gasteiger charge is 2.20. The number of nitrogens with two attached hydrogens (primary N) is 2. The zero-order valence-electron chi connectivity index (χ0n) is 13.0. The Bertz CT molecular complexity index is 837. The summed E-state index contributed by atoms with van der Waals surface area (Å²) >= 11 is 11.4. The first-order valence-electron chi connectivity index (χ1n) is 7.12. The van der Waals surface area contributed by atoms with Crippen molar-refractivity contribution in [2.45, 2.75) is 6.42 Å². The van der Waals surface area contributed by atoms with E-state index in [2.05, 4.69) is 0 Å². The van der Waals surface area contributed by atoms with Crippen LogP contribution in [-0.2, 0) is 6.42 Å². The minimum atomic E-state index is -0.300. The molecule has 0 atom stereocenters. The van der Waals surface area contributed by atoms with Gasteiger partial charge in [-0.3, -0.25) is 10.2 Å². The van der Waals surface area contributed by atoms with E-state index in [1.54, 1.807) is 12.1 Å². The Morgan fingerprint density at radius 1 is 0.960 bits per heavy atom. The molecule has 0 radical (unpaired) electrons. The van der Waals surface area contributed by atoms with Crippen LogP contribution in [0.15, 0.2) is 48.5 Å². The molecule has 0 amide bonds. The summed E-state index contributed by atoms with van der Waals surface area (Å²) in [5, 5.41) is 8.18. The molecule has 128 valence electrons. The summed E-state index contributed by atoms with van der Waals surface area (Å²) in [5.74, 6) is 0. The largest absolute Gasteiger partial charge is 0.384 e. The summed E-state index contributed by atoms with van der Waals surface area (Å²) in [7, 11) is 0. The smallest absolute Gasteiger partial charge is 0.227 e. The van der Waals surface area contributed by atoms with E-state index >= 15 is 0 Å². The second kappa shape index (κ2) is 9.10. The molecular weight excluding hydrogens is 390 g/mol. The molecule has 2 aromatic rings. The molecule has 0 bridgehead atoms. The molecule has 0 aliphatic rings. The quantitative estimate of drug-likeness (QED) is 0.406. The SMILES string of the molecule is N=C(SC(N)=S)c1c(Cc2ccccc2)cccc1C(=O)SC(N)=S. The fourth-order valence-electron chi connectivity index (χ4n) is 2.30. The van der Waals surface area contributed by atoms with E-state index in [1.807, 2.05) is 36.4 Å². The van der Waals surface area contributed by atoms with E-state index in [9.17, 15) is 4.79 Å². The minimum Gasteiger partial charge on any atom is -0.384 e. The molecule has 8 heteroatoms. The number of nitrogens with one attached hydrogen (secondary N) is 1. The van der Waals surface area contributed by atoms with Crippen LogP contribution in [0.3, 0.4) is 0 Å². The number of hydrogen-bond donors (Lipinski definition) is 3. The van der Waals surface area contributed by atoms with Gasteiger partial charge < -0.3 is 11.5 Å². The summed E-state index contributed by atoms with van der Waals surface area (Å²) in [6, 6.07) is 15.1. The van der Waals surface area contributed by atoms with Crippen molar-refractivity contribution in [1.82, 2.24) is 0 Å². The predicted octanol–water partition coefficient (Wildman–Crippen LogP) is 3.70. The molecule has 0 saturated heterocycles. The van der Waals surface area contributed by atoms with Crippen molar-refractivity contribution in [2.24, 2.45) is 11.5 Å². The fourth-order valence-corrected chi connectivity index (χ4v) is 3.78. The Morgan fingerprint density at radius 2 is 1.60 bits per heavy atom. The van der Waals surface area contributed by atoms with Crippen LogP contribution in [0, 0.1) is 5.41 Å². The first-order valence-corrected chi connectivity index (χ1v) is 9.57. The highest BCUT2D eigenvalue weighted by molar-refractivity contribution is 8.33. The molecule has 0 aliphatic heterocycles. The van der Waals surface area contributed by atoms with Crippen LogP contribution < -0.4 is 11.5 Å². The van der Waals surface area contributed by atoms with Crippen LogP contribution in [0.4, 0.5) is 0 Å². The zero-order valence-corrected chi connectivity index (χ0v) is 16.3. The summed E-state index contributed by atoms with van der Waals surface area (Å²) < 4.78 is 0.165. The van der Waals surface area contributed by atoms with E-state index in [1.165, 1.54) is 0 Å². The van der Waals surface area contributed by atoms with Gasteiger partial charge in [0.05, 0.1) is 0 Å². The maximum Gasteiger partial charge on any atom is 0.227 e. The van der Waals surface area contributed by atoms with Crippen molar-refractivity contribution in [3.63, 3.8) is 0 Å². The van der Waals surface area contributed by atoms with Gasteiger partial charge in [0.25, 0.3) is 0 Å². The number of thiocarbonyl (C=S) groups is 2. The molecule has 0 heterocycles. The molecule has 2 aromatic carbocycles. The molecule has 0 aliphatic carbocycles. The highest BCUT2D eigenvalue weighted by atomic mass is 32.2. The summed E-state index contributed by atoms with van der Waals surface area (Å²) in [6.07, 6.45) is 0.579. The van der Waals surface area contributed by atoms with Crippen LogP contribution in [-0.4, -0.2) is 18.8 Å². The lowest BCUT2D eigenvalue weighted by molar-refractivity contribution is 0.109. The van der Waals surface area contributed by atoms with Gasteiger partial charge in [0, 0.05) is 11.1 Å². The van der Waals surface area contributed by atoms with Gasteiger partial charge in [-0.05, 0) is 47.1 Å². The molecule has 0 saturated carbocycles. The lowest BCUT2D eigenvalue weighted by Gasteiger charge is -2.14. The first-order chi connectivity index (χ1) is 11.9. The van der Waals surface area contributed by atoms with Gasteiger partial charge >= 0.3 is 0 Å². The van der Waals surface area contributed by atoms with Gasteiger partial charge in [-0.25, -0.2) is 0 Å². The average molecular weight is 406 g/mol. The maximum absolute atomic E-state index is 12.5. The molecule has 0 unspecified atom stereocenters. The van der Waals surface area contributed by atoms with Crippen LogP contribution in [0.25, 0.3) is 0 Å². The normalized spacial score (nSPS) is 10.2. The number of thioether (sulfide) groups is 2. The molecule has 0 fully saturated rings. The lowest BCUT2D eigenvalue weighted by atomic mass is 9.96. The molecule has 4 nitrogen and oxygen atoms in total. The Balaban J connectivity index is 2.50. The fraction of sp³-hybridized carbons (Fsp3) is 0.0588. The molecule has 25 heavy (non-hydrogen) atoms.